The van der Waals surface area contributed by atoms with Crippen LogP contribution in [0.3, 0.4) is 0 Å². The third-order valence-corrected chi connectivity index (χ3v) is 2.64. The van der Waals surface area contributed by atoms with Gasteiger partial charge >= 0.3 is 5.97 Å². The summed E-state index contributed by atoms with van der Waals surface area (Å²) in [6.45, 7) is 2.12. The number of carbonyl (C=O) groups is 1. The zero-order chi connectivity index (χ0) is 13.8. The van der Waals surface area contributed by atoms with Crippen molar-refractivity contribution in [3.63, 3.8) is 0 Å². The number of carboxylic acid groups (broad SMARTS) is 1. The normalized spacial score (nSPS) is 10.2. The highest BCUT2D eigenvalue weighted by atomic mass is 19.1. The average Bonchev–Trinajstić information content (AvgIpc) is 2.37. The van der Waals surface area contributed by atoms with Crippen molar-refractivity contribution in [3.8, 4) is 0 Å². The Morgan fingerprint density at radius 1 is 1.32 bits per heavy atom. The van der Waals surface area contributed by atoms with E-state index < -0.39 is 11.8 Å². The second-order valence-corrected chi connectivity index (χ2v) is 4.09. The lowest BCUT2D eigenvalue weighted by Gasteiger charge is -2.10. The Hall–Kier alpha value is -2.43. The van der Waals surface area contributed by atoms with Crippen LogP contribution in [-0.4, -0.2) is 16.1 Å². The van der Waals surface area contributed by atoms with E-state index in [1.165, 1.54) is 18.2 Å². The number of anilines is 1. The van der Waals surface area contributed by atoms with E-state index in [4.69, 9.17) is 5.11 Å². The third kappa shape index (κ3) is 3.07. The van der Waals surface area contributed by atoms with Gasteiger partial charge in [0, 0.05) is 5.69 Å². The molecule has 1 heterocycles. The maximum atomic E-state index is 13.6. The van der Waals surface area contributed by atoms with Crippen LogP contribution in [0.25, 0.3) is 0 Å². The van der Waals surface area contributed by atoms with Crippen molar-refractivity contribution in [2.45, 2.75) is 13.5 Å². The Bertz CT molecular complexity index is 614. The molecule has 0 bridgehead atoms. The topological polar surface area (TPSA) is 62.2 Å². The van der Waals surface area contributed by atoms with Crippen LogP contribution in [0.2, 0.25) is 0 Å². The van der Waals surface area contributed by atoms with Gasteiger partial charge in [-0.25, -0.2) is 9.18 Å². The highest BCUT2D eigenvalue weighted by Gasteiger charge is 2.13. The molecule has 19 heavy (non-hydrogen) atoms. The van der Waals surface area contributed by atoms with Crippen LogP contribution in [0, 0.1) is 12.7 Å². The number of nitrogens with one attached hydrogen (secondary N) is 1. The third-order valence-electron chi connectivity index (χ3n) is 2.64. The summed E-state index contributed by atoms with van der Waals surface area (Å²) in [5, 5.41) is 11.8. The van der Waals surface area contributed by atoms with E-state index in [0.717, 1.165) is 11.4 Å². The van der Waals surface area contributed by atoms with Crippen molar-refractivity contribution in [1.82, 2.24) is 4.98 Å². The smallest absolute Gasteiger partial charge is 0.337 e. The summed E-state index contributed by atoms with van der Waals surface area (Å²) in [5.74, 6) is -1.76. The lowest BCUT2D eigenvalue weighted by Crippen LogP contribution is -2.09. The number of hydrogen-bond acceptors (Lipinski definition) is 3. The number of aromatic nitrogens is 1. The van der Waals surface area contributed by atoms with Gasteiger partial charge in [-0.15, -0.1) is 0 Å². The molecule has 0 radical (unpaired) electrons. The van der Waals surface area contributed by atoms with Crippen LogP contribution < -0.4 is 5.32 Å². The fourth-order valence-corrected chi connectivity index (χ4v) is 1.76. The van der Waals surface area contributed by atoms with Gasteiger partial charge in [0.15, 0.2) is 0 Å². The maximum Gasteiger partial charge on any atom is 0.337 e. The quantitative estimate of drug-likeness (QED) is 0.887. The van der Waals surface area contributed by atoms with E-state index in [0.29, 0.717) is 0 Å². The van der Waals surface area contributed by atoms with Gasteiger partial charge in [0.25, 0.3) is 0 Å². The number of hydrogen-bond donors (Lipinski definition) is 2. The molecule has 4 nitrogen and oxygen atoms in total. The number of benzene rings is 1. The molecule has 0 saturated heterocycles. The molecule has 0 amide bonds. The summed E-state index contributed by atoms with van der Waals surface area (Å²) in [4.78, 5) is 15.3. The highest BCUT2D eigenvalue weighted by molar-refractivity contribution is 5.94. The number of nitrogens with zero attached hydrogens (tertiary/aromatic N) is 1. The molecule has 98 valence electrons. The van der Waals surface area contributed by atoms with Crippen molar-refractivity contribution < 1.29 is 14.3 Å². The SMILES string of the molecule is Cc1cccc(CNc2c(F)cccc2C(=O)O)n1. The predicted molar refractivity (Wildman–Crippen MR) is 69.7 cm³/mol. The van der Waals surface area contributed by atoms with Crippen molar-refractivity contribution in [1.29, 1.82) is 0 Å². The van der Waals surface area contributed by atoms with Crippen molar-refractivity contribution >= 4 is 11.7 Å². The second kappa shape index (κ2) is 5.48. The minimum absolute atomic E-state index is 0.0155. The van der Waals surface area contributed by atoms with Gasteiger partial charge in [0.1, 0.15) is 5.82 Å². The number of para-hydroxylation sites is 1. The second-order valence-electron chi connectivity index (χ2n) is 4.09. The van der Waals surface area contributed by atoms with E-state index >= 15 is 0 Å². The fraction of sp³-hybridized carbons (Fsp3) is 0.143. The molecule has 5 heteroatoms. The summed E-state index contributed by atoms with van der Waals surface area (Å²) in [5.41, 5.74) is 1.47. The summed E-state index contributed by atoms with van der Waals surface area (Å²) >= 11 is 0. The molecule has 0 fully saturated rings. The van der Waals surface area contributed by atoms with Crippen molar-refractivity contribution in [2.24, 2.45) is 0 Å². The summed E-state index contributed by atoms with van der Waals surface area (Å²) in [7, 11) is 0. The maximum absolute atomic E-state index is 13.6. The molecule has 0 unspecified atom stereocenters. The van der Waals surface area contributed by atoms with Gasteiger partial charge in [-0.05, 0) is 31.2 Å². The summed E-state index contributed by atoms with van der Waals surface area (Å²) in [6.07, 6.45) is 0. The number of carboxylic acids is 1. The summed E-state index contributed by atoms with van der Waals surface area (Å²) in [6, 6.07) is 9.44. The van der Waals surface area contributed by atoms with Gasteiger partial charge in [-0.1, -0.05) is 12.1 Å². The molecular formula is C14H13FN2O2. The standard InChI is InChI=1S/C14H13FN2O2/c1-9-4-2-5-10(17-9)8-16-13-11(14(18)19)6-3-7-12(13)15/h2-7,16H,8H2,1H3,(H,18,19). The molecule has 2 N–H and O–H groups in total. The lowest BCUT2D eigenvalue weighted by molar-refractivity contribution is 0.0697. The number of halogens is 1. The van der Waals surface area contributed by atoms with Crippen LogP contribution in [-0.2, 0) is 6.54 Å². The Balaban J connectivity index is 2.22. The predicted octanol–water partition coefficient (Wildman–Crippen LogP) is 2.84. The Morgan fingerprint density at radius 3 is 2.74 bits per heavy atom. The van der Waals surface area contributed by atoms with E-state index in [9.17, 15) is 9.18 Å². The molecule has 1 aromatic carbocycles. The minimum atomic E-state index is -1.17. The van der Waals surface area contributed by atoms with Crippen LogP contribution in [0.15, 0.2) is 36.4 Å². The Kier molecular flexibility index (Phi) is 3.75. The van der Waals surface area contributed by atoms with Gasteiger partial charge in [-0.3, -0.25) is 4.98 Å². The van der Waals surface area contributed by atoms with Crippen LogP contribution in [0.5, 0.6) is 0 Å². The average molecular weight is 260 g/mol. The molecular weight excluding hydrogens is 247 g/mol. The van der Waals surface area contributed by atoms with Crippen LogP contribution >= 0.6 is 0 Å². The monoisotopic (exact) mass is 260 g/mol. The minimum Gasteiger partial charge on any atom is -0.478 e. The van der Waals surface area contributed by atoms with Gasteiger partial charge < -0.3 is 10.4 Å². The zero-order valence-electron chi connectivity index (χ0n) is 10.4. The lowest BCUT2D eigenvalue weighted by atomic mass is 10.1. The Morgan fingerprint density at radius 2 is 2.05 bits per heavy atom. The van der Waals surface area contributed by atoms with Gasteiger partial charge in [0.05, 0.1) is 23.5 Å². The fourth-order valence-electron chi connectivity index (χ4n) is 1.76. The molecule has 0 aliphatic rings. The van der Waals surface area contributed by atoms with E-state index in [-0.39, 0.29) is 17.8 Å². The number of aryl methyl sites for hydroxylation is 1. The van der Waals surface area contributed by atoms with E-state index in [1.807, 2.05) is 19.1 Å². The molecule has 0 aliphatic heterocycles. The van der Waals surface area contributed by atoms with E-state index in [2.05, 4.69) is 10.3 Å². The molecule has 0 aliphatic carbocycles. The Labute approximate surface area is 109 Å². The first-order chi connectivity index (χ1) is 9.08. The van der Waals surface area contributed by atoms with Crippen LogP contribution in [0.1, 0.15) is 21.7 Å². The first-order valence-electron chi connectivity index (χ1n) is 5.76. The largest absolute Gasteiger partial charge is 0.478 e. The first kappa shape index (κ1) is 13.0. The van der Waals surface area contributed by atoms with Gasteiger partial charge in [0.2, 0.25) is 0 Å². The van der Waals surface area contributed by atoms with E-state index in [1.54, 1.807) is 6.07 Å². The number of pyridine rings is 1. The van der Waals surface area contributed by atoms with Crippen LogP contribution in [0.4, 0.5) is 10.1 Å². The molecule has 2 aromatic rings. The molecule has 0 atom stereocenters. The molecule has 0 spiro atoms. The van der Waals surface area contributed by atoms with Gasteiger partial charge in [-0.2, -0.15) is 0 Å². The first-order valence-corrected chi connectivity index (χ1v) is 5.76. The molecule has 1 aromatic heterocycles. The molecule has 0 saturated carbocycles. The summed E-state index contributed by atoms with van der Waals surface area (Å²) < 4.78 is 13.6. The molecule has 2 rings (SSSR count). The van der Waals surface area contributed by atoms with Crippen molar-refractivity contribution in [2.75, 3.05) is 5.32 Å². The number of aromatic carboxylic acids is 1. The highest BCUT2D eigenvalue weighted by Crippen LogP contribution is 2.20. The van der Waals surface area contributed by atoms with Crippen molar-refractivity contribution in [3.05, 3.63) is 59.2 Å². The number of rotatable bonds is 4. The zero-order valence-corrected chi connectivity index (χ0v) is 10.4.